The fraction of sp³-hybridized carbons (Fsp3) is 0.909. The zero-order valence-corrected chi connectivity index (χ0v) is 10.8. The van der Waals surface area contributed by atoms with Crippen LogP contribution in [0.3, 0.4) is 0 Å². The second-order valence-corrected chi connectivity index (χ2v) is 5.94. The minimum Gasteiger partial charge on any atom is -0.354 e. The molecule has 1 N–H and O–H groups in total. The molecule has 1 amide bonds. The van der Waals surface area contributed by atoms with E-state index in [0.29, 0.717) is 17.6 Å². The van der Waals surface area contributed by atoms with Crippen LogP contribution in [-0.2, 0) is 4.79 Å². The first-order valence-corrected chi connectivity index (χ1v) is 6.37. The highest BCUT2D eigenvalue weighted by molar-refractivity contribution is 7.99. The Morgan fingerprint density at radius 1 is 1.21 bits per heavy atom. The average Bonchev–Trinajstić information content (AvgIpc) is 1.98. The molecular formula is C11H23NOS. The van der Waals surface area contributed by atoms with Crippen molar-refractivity contribution in [2.45, 2.75) is 52.3 Å². The van der Waals surface area contributed by atoms with Crippen LogP contribution in [0.1, 0.15) is 41.0 Å². The molecular weight excluding hydrogens is 194 g/mol. The lowest BCUT2D eigenvalue weighted by atomic mass is 10.3. The number of carbonyl (C=O) groups excluding carboxylic acids is 1. The van der Waals surface area contributed by atoms with Gasteiger partial charge < -0.3 is 5.32 Å². The van der Waals surface area contributed by atoms with Crippen molar-refractivity contribution in [3.05, 3.63) is 0 Å². The van der Waals surface area contributed by atoms with E-state index < -0.39 is 0 Å². The Morgan fingerprint density at radius 2 is 1.79 bits per heavy atom. The van der Waals surface area contributed by atoms with E-state index in [4.69, 9.17) is 0 Å². The quantitative estimate of drug-likeness (QED) is 0.741. The van der Waals surface area contributed by atoms with Crippen molar-refractivity contribution in [2.24, 2.45) is 5.92 Å². The van der Waals surface area contributed by atoms with Gasteiger partial charge in [0.05, 0.1) is 0 Å². The SMILES string of the molecule is CC(C)CSC(C)CC(=O)NC(C)C. The summed E-state index contributed by atoms with van der Waals surface area (Å²) in [5, 5.41) is 3.34. The van der Waals surface area contributed by atoms with E-state index in [1.54, 1.807) is 0 Å². The van der Waals surface area contributed by atoms with Gasteiger partial charge in [-0.15, -0.1) is 0 Å². The lowest BCUT2D eigenvalue weighted by Gasteiger charge is -2.14. The van der Waals surface area contributed by atoms with Crippen LogP contribution in [0.25, 0.3) is 0 Å². The van der Waals surface area contributed by atoms with Crippen LogP contribution in [0.4, 0.5) is 0 Å². The zero-order chi connectivity index (χ0) is 11.1. The van der Waals surface area contributed by atoms with Crippen LogP contribution in [0.2, 0.25) is 0 Å². The van der Waals surface area contributed by atoms with Gasteiger partial charge in [0, 0.05) is 17.7 Å². The molecule has 0 spiro atoms. The third kappa shape index (κ3) is 8.42. The van der Waals surface area contributed by atoms with Crippen LogP contribution >= 0.6 is 11.8 Å². The lowest BCUT2D eigenvalue weighted by Crippen LogP contribution is -2.31. The van der Waals surface area contributed by atoms with E-state index in [0.717, 1.165) is 5.75 Å². The molecule has 0 aliphatic rings. The smallest absolute Gasteiger partial charge is 0.221 e. The predicted octanol–water partition coefficient (Wildman–Crippen LogP) is 2.68. The molecule has 14 heavy (non-hydrogen) atoms. The standard InChI is InChI=1S/C11H23NOS/c1-8(2)7-14-10(5)6-11(13)12-9(3)4/h8-10H,6-7H2,1-5H3,(H,12,13). The maximum Gasteiger partial charge on any atom is 0.221 e. The summed E-state index contributed by atoms with van der Waals surface area (Å²) in [4.78, 5) is 11.4. The Kier molecular flexibility index (Phi) is 7.06. The molecule has 0 rings (SSSR count). The highest BCUT2D eigenvalue weighted by Gasteiger charge is 2.10. The highest BCUT2D eigenvalue weighted by atomic mass is 32.2. The Morgan fingerprint density at radius 3 is 2.21 bits per heavy atom. The normalized spacial score (nSPS) is 13.4. The Hall–Kier alpha value is -0.180. The molecule has 0 bridgehead atoms. The van der Waals surface area contributed by atoms with E-state index in [2.05, 4.69) is 26.1 Å². The fourth-order valence-corrected chi connectivity index (χ4v) is 2.04. The molecule has 0 aromatic carbocycles. The summed E-state index contributed by atoms with van der Waals surface area (Å²) in [6, 6.07) is 0.254. The first-order chi connectivity index (χ1) is 6.41. The second kappa shape index (κ2) is 7.16. The van der Waals surface area contributed by atoms with Crippen LogP contribution in [0, 0.1) is 5.92 Å². The Balaban J connectivity index is 3.60. The van der Waals surface area contributed by atoms with Crippen LogP contribution in [-0.4, -0.2) is 23.0 Å². The maximum absolute atomic E-state index is 11.4. The minimum atomic E-state index is 0.170. The third-order valence-corrected chi connectivity index (χ3v) is 3.23. The molecule has 0 heterocycles. The number of rotatable bonds is 6. The van der Waals surface area contributed by atoms with Gasteiger partial charge in [-0.05, 0) is 25.5 Å². The summed E-state index contributed by atoms with van der Waals surface area (Å²) in [5.74, 6) is 2.01. The van der Waals surface area contributed by atoms with Crippen molar-refractivity contribution in [2.75, 3.05) is 5.75 Å². The monoisotopic (exact) mass is 217 g/mol. The van der Waals surface area contributed by atoms with Crippen molar-refractivity contribution in [3.63, 3.8) is 0 Å². The molecule has 0 saturated heterocycles. The number of thioether (sulfide) groups is 1. The van der Waals surface area contributed by atoms with Crippen molar-refractivity contribution < 1.29 is 4.79 Å². The summed E-state index contributed by atoms with van der Waals surface area (Å²) >= 11 is 1.88. The zero-order valence-electron chi connectivity index (χ0n) is 9.96. The summed E-state index contributed by atoms with van der Waals surface area (Å²) in [5.41, 5.74) is 0. The molecule has 0 aromatic heterocycles. The summed E-state index contributed by atoms with van der Waals surface area (Å²) < 4.78 is 0. The van der Waals surface area contributed by atoms with Gasteiger partial charge in [0.15, 0.2) is 0 Å². The Bertz CT molecular complexity index is 169. The first kappa shape index (κ1) is 13.8. The summed E-state index contributed by atoms with van der Waals surface area (Å²) in [7, 11) is 0. The second-order valence-electron chi connectivity index (χ2n) is 4.46. The molecule has 1 unspecified atom stereocenters. The average molecular weight is 217 g/mol. The molecule has 1 atom stereocenters. The van der Waals surface area contributed by atoms with E-state index in [1.165, 1.54) is 0 Å². The maximum atomic E-state index is 11.4. The largest absolute Gasteiger partial charge is 0.354 e. The van der Waals surface area contributed by atoms with Crippen molar-refractivity contribution >= 4 is 17.7 Å². The van der Waals surface area contributed by atoms with Gasteiger partial charge in [-0.2, -0.15) is 11.8 Å². The van der Waals surface area contributed by atoms with Crippen LogP contribution in [0.15, 0.2) is 0 Å². The summed E-state index contributed by atoms with van der Waals surface area (Å²) in [6.45, 7) is 10.5. The third-order valence-electron chi connectivity index (χ3n) is 1.64. The van der Waals surface area contributed by atoms with Crippen molar-refractivity contribution in [1.82, 2.24) is 5.32 Å². The van der Waals surface area contributed by atoms with Crippen LogP contribution in [0.5, 0.6) is 0 Å². The van der Waals surface area contributed by atoms with Crippen molar-refractivity contribution in [1.29, 1.82) is 0 Å². The molecule has 0 aromatic rings. The Labute approximate surface area is 92.2 Å². The van der Waals surface area contributed by atoms with Crippen molar-refractivity contribution in [3.8, 4) is 0 Å². The van der Waals surface area contributed by atoms with E-state index in [-0.39, 0.29) is 11.9 Å². The van der Waals surface area contributed by atoms with Gasteiger partial charge in [0.25, 0.3) is 0 Å². The number of hydrogen-bond acceptors (Lipinski definition) is 2. The van der Waals surface area contributed by atoms with Gasteiger partial charge in [-0.3, -0.25) is 4.79 Å². The number of carbonyl (C=O) groups is 1. The van der Waals surface area contributed by atoms with Crippen LogP contribution < -0.4 is 5.32 Å². The molecule has 0 saturated carbocycles. The molecule has 0 radical (unpaired) electrons. The van der Waals surface area contributed by atoms with E-state index >= 15 is 0 Å². The first-order valence-electron chi connectivity index (χ1n) is 5.32. The van der Waals surface area contributed by atoms with Gasteiger partial charge in [-0.1, -0.05) is 20.8 Å². The van der Waals surface area contributed by atoms with Gasteiger partial charge in [0.2, 0.25) is 5.91 Å². The predicted molar refractivity (Wildman–Crippen MR) is 64.7 cm³/mol. The van der Waals surface area contributed by atoms with E-state index in [1.807, 2.05) is 25.6 Å². The van der Waals surface area contributed by atoms with E-state index in [9.17, 15) is 4.79 Å². The topological polar surface area (TPSA) is 29.1 Å². The molecule has 0 fully saturated rings. The van der Waals surface area contributed by atoms with Gasteiger partial charge in [-0.25, -0.2) is 0 Å². The minimum absolute atomic E-state index is 0.170. The molecule has 84 valence electrons. The molecule has 2 nitrogen and oxygen atoms in total. The number of nitrogens with one attached hydrogen (secondary N) is 1. The molecule has 3 heteroatoms. The van der Waals surface area contributed by atoms with Gasteiger partial charge >= 0.3 is 0 Å². The fourth-order valence-electron chi connectivity index (χ4n) is 1.06. The lowest BCUT2D eigenvalue weighted by molar-refractivity contribution is -0.121. The molecule has 0 aliphatic heterocycles. The number of hydrogen-bond donors (Lipinski definition) is 1. The van der Waals surface area contributed by atoms with Gasteiger partial charge in [0.1, 0.15) is 0 Å². The summed E-state index contributed by atoms with van der Waals surface area (Å²) in [6.07, 6.45) is 0.634. The number of amides is 1. The highest BCUT2D eigenvalue weighted by Crippen LogP contribution is 2.17. The molecule has 0 aliphatic carbocycles.